The van der Waals surface area contributed by atoms with Gasteiger partial charge in [0.25, 0.3) is 0 Å². The van der Waals surface area contributed by atoms with Crippen LogP contribution in [0.2, 0.25) is 0 Å². The van der Waals surface area contributed by atoms with Gasteiger partial charge >= 0.3 is 0 Å². The Morgan fingerprint density at radius 1 is 0.500 bits per heavy atom. The van der Waals surface area contributed by atoms with E-state index in [-0.39, 0.29) is 0 Å². The van der Waals surface area contributed by atoms with Crippen molar-refractivity contribution in [3.8, 4) is 45.6 Å². The van der Waals surface area contributed by atoms with Gasteiger partial charge in [0.05, 0.1) is 4.70 Å². The molecule has 6 heteroatoms. The van der Waals surface area contributed by atoms with Gasteiger partial charge in [-0.25, -0.2) is 19.9 Å². The van der Waals surface area contributed by atoms with Gasteiger partial charge < -0.3 is 4.42 Å². The minimum absolute atomic E-state index is 0.590. The van der Waals surface area contributed by atoms with Crippen LogP contribution in [0.5, 0.6) is 0 Å². The maximum atomic E-state index is 6.49. The number of hydrogen-bond donors (Lipinski definition) is 0. The van der Waals surface area contributed by atoms with E-state index < -0.39 is 0 Å². The molecule has 0 saturated carbocycles. The van der Waals surface area contributed by atoms with Gasteiger partial charge in [-0.1, -0.05) is 103 Å². The fourth-order valence-electron chi connectivity index (χ4n) is 5.81. The van der Waals surface area contributed by atoms with Crippen LogP contribution in [-0.2, 0) is 0 Å². The molecule has 0 aliphatic heterocycles. The molecule has 0 aliphatic rings. The number of oxazole rings is 1. The van der Waals surface area contributed by atoms with Crippen LogP contribution in [0.15, 0.2) is 138 Å². The Hall–Kier alpha value is -5.72. The summed E-state index contributed by atoms with van der Waals surface area (Å²) in [5.41, 5.74) is 5.24. The lowest BCUT2D eigenvalue weighted by Crippen LogP contribution is -2.00. The normalized spacial score (nSPS) is 11.6. The van der Waals surface area contributed by atoms with Crippen molar-refractivity contribution in [2.75, 3.05) is 0 Å². The Morgan fingerprint density at radius 3 is 1.98 bits per heavy atom. The van der Waals surface area contributed by atoms with E-state index >= 15 is 0 Å². The van der Waals surface area contributed by atoms with Crippen LogP contribution >= 0.6 is 11.3 Å². The Balaban J connectivity index is 1.34. The maximum absolute atomic E-state index is 6.49. The van der Waals surface area contributed by atoms with E-state index in [1.165, 1.54) is 10.1 Å². The number of rotatable bonds is 4. The second-order valence-corrected chi connectivity index (χ2v) is 11.7. The molecule has 3 heterocycles. The molecule has 6 aromatic carbocycles. The summed E-state index contributed by atoms with van der Waals surface area (Å²) in [4.78, 5) is 20.2. The highest BCUT2D eigenvalue weighted by Crippen LogP contribution is 2.44. The zero-order chi connectivity index (χ0) is 29.0. The third kappa shape index (κ3) is 4.07. The fraction of sp³-hybridized carbons (Fsp3) is 0. The van der Waals surface area contributed by atoms with Crippen molar-refractivity contribution in [1.82, 2.24) is 19.9 Å². The average molecular weight is 583 g/mol. The first kappa shape index (κ1) is 24.8. The molecule has 0 amide bonds. The van der Waals surface area contributed by atoms with Crippen molar-refractivity contribution in [2.24, 2.45) is 0 Å². The fourth-order valence-corrected chi connectivity index (χ4v) is 7.02. The van der Waals surface area contributed by atoms with Gasteiger partial charge in [0.15, 0.2) is 23.1 Å². The topological polar surface area (TPSA) is 64.7 Å². The zero-order valence-electron chi connectivity index (χ0n) is 23.3. The summed E-state index contributed by atoms with van der Waals surface area (Å²) >= 11 is 1.72. The quantitative estimate of drug-likeness (QED) is 0.207. The highest BCUT2D eigenvalue weighted by Gasteiger charge is 2.22. The number of aromatic nitrogens is 4. The number of hydrogen-bond acceptors (Lipinski definition) is 6. The lowest BCUT2D eigenvalue weighted by Gasteiger charge is -2.10. The van der Waals surface area contributed by atoms with E-state index in [0.29, 0.717) is 23.4 Å². The van der Waals surface area contributed by atoms with Crippen molar-refractivity contribution < 1.29 is 4.42 Å². The Kier molecular flexibility index (Phi) is 5.61. The molecule has 0 fully saturated rings. The SMILES string of the molecule is c1ccc(-c2nc(-c3ccc4ccccc4c3)nc(-c3cc4nc(-c5ccccc5)oc4c4c3sc3ccccc34)n2)cc1. The van der Waals surface area contributed by atoms with E-state index in [1.54, 1.807) is 11.3 Å². The lowest BCUT2D eigenvalue weighted by atomic mass is 10.1. The third-order valence-electron chi connectivity index (χ3n) is 7.94. The molecule has 206 valence electrons. The van der Waals surface area contributed by atoms with Crippen LogP contribution in [0.3, 0.4) is 0 Å². The second kappa shape index (κ2) is 9.93. The number of thiophene rings is 1. The van der Waals surface area contributed by atoms with Gasteiger partial charge in [-0.15, -0.1) is 11.3 Å². The van der Waals surface area contributed by atoms with Gasteiger partial charge in [-0.05, 0) is 41.1 Å². The molecule has 0 spiro atoms. The molecule has 44 heavy (non-hydrogen) atoms. The van der Waals surface area contributed by atoms with Crippen LogP contribution in [0.25, 0.3) is 87.7 Å². The second-order valence-electron chi connectivity index (χ2n) is 10.7. The predicted molar refractivity (Wildman–Crippen MR) is 180 cm³/mol. The van der Waals surface area contributed by atoms with Crippen molar-refractivity contribution in [3.05, 3.63) is 133 Å². The Morgan fingerprint density at radius 2 is 1.16 bits per heavy atom. The van der Waals surface area contributed by atoms with Gasteiger partial charge in [0.1, 0.15) is 5.52 Å². The summed E-state index contributed by atoms with van der Waals surface area (Å²) < 4.78 is 8.72. The summed E-state index contributed by atoms with van der Waals surface area (Å²) in [6.07, 6.45) is 0. The monoisotopic (exact) mass is 582 g/mol. The molecule has 0 atom stereocenters. The van der Waals surface area contributed by atoms with Crippen LogP contribution in [0.1, 0.15) is 0 Å². The van der Waals surface area contributed by atoms with E-state index in [1.807, 2.05) is 60.7 Å². The maximum Gasteiger partial charge on any atom is 0.227 e. The molecule has 5 nitrogen and oxygen atoms in total. The molecule has 9 aromatic rings. The first-order valence-electron chi connectivity index (χ1n) is 14.4. The van der Waals surface area contributed by atoms with Crippen LogP contribution in [0, 0.1) is 0 Å². The summed E-state index contributed by atoms with van der Waals surface area (Å²) in [5.74, 6) is 2.44. The van der Waals surface area contributed by atoms with E-state index in [9.17, 15) is 0 Å². The van der Waals surface area contributed by atoms with E-state index in [4.69, 9.17) is 24.4 Å². The standard InChI is InChI=1S/C38H22N4OS/c1-3-12-24(13-4-1)35-40-36(27-20-19-23-11-7-8-16-26(23)21-27)42-37(41-35)29-22-30-33(43-38(39-30)25-14-5-2-6-15-25)32-28-17-9-10-18-31(28)44-34(29)32/h1-22H. The summed E-state index contributed by atoms with van der Waals surface area (Å²) in [6, 6.07) is 45.3. The minimum atomic E-state index is 0.590. The highest BCUT2D eigenvalue weighted by atomic mass is 32.1. The molecule has 3 aromatic heterocycles. The van der Waals surface area contributed by atoms with Gasteiger partial charge in [-0.2, -0.15) is 0 Å². The molecule has 0 saturated heterocycles. The van der Waals surface area contributed by atoms with Crippen LogP contribution in [-0.4, -0.2) is 19.9 Å². The predicted octanol–water partition coefficient (Wildman–Crippen LogP) is 10.2. The number of benzene rings is 6. The van der Waals surface area contributed by atoms with Gasteiger partial charge in [0, 0.05) is 37.7 Å². The first-order valence-corrected chi connectivity index (χ1v) is 15.2. The van der Waals surface area contributed by atoms with Crippen molar-refractivity contribution in [2.45, 2.75) is 0 Å². The molecule has 0 radical (unpaired) electrons. The van der Waals surface area contributed by atoms with E-state index in [2.05, 4.69) is 72.8 Å². The average Bonchev–Trinajstić information content (AvgIpc) is 3.70. The molecule has 0 N–H and O–H groups in total. The Labute approximate surface area is 256 Å². The summed E-state index contributed by atoms with van der Waals surface area (Å²) in [5, 5.41) is 4.47. The van der Waals surface area contributed by atoms with Gasteiger partial charge in [0.2, 0.25) is 5.89 Å². The highest BCUT2D eigenvalue weighted by molar-refractivity contribution is 7.26. The zero-order valence-corrected chi connectivity index (χ0v) is 24.1. The van der Waals surface area contributed by atoms with Crippen molar-refractivity contribution in [3.63, 3.8) is 0 Å². The first-order chi connectivity index (χ1) is 21.8. The molecule has 0 unspecified atom stereocenters. The molecular weight excluding hydrogens is 561 g/mol. The smallest absolute Gasteiger partial charge is 0.227 e. The van der Waals surface area contributed by atoms with Crippen LogP contribution < -0.4 is 0 Å². The number of fused-ring (bicyclic) bond motifs is 6. The van der Waals surface area contributed by atoms with Gasteiger partial charge in [-0.3, -0.25) is 0 Å². The summed E-state index contributed by atoms with van der Waals surface area (Å²) in [7, 11) is 0. The van der Waals surface area contributed by atoms with Crippen LogP contribution in [0.4, 0.5) is 0 Å². The lowest BCUT2D eigenvalue weighted by molar-refractivity contribution is 0.623. The molecule has 0 bridgehead atoms. The van der Waals surface area contributed by atoms with Crippen molar-refractivity contribution >= 4 is 53.4 Å². The Bertz CT molecular complexity index is 2500. The largest absolute Gasteiger partial charge is 0.435 e. The third-order valence-corrected chi connectivity index (χ3v) is 9.14. The van der Waals surface area contributed by atoms with Crippen molar-refractivity contribution in [1.29, 1.82) is 0 Å². The molecular formula is C38H22N4OS. The van der Waals surface area contributed by atoms with E-state index in [0.717, 1.165) is 54.2 Å². The molecule has 9 rings (SSSR count). The minimum Gasteiger partial charge on any atom is -0.435 e. The molecule has 0 aliphatic carbocycles. The number of nitrogens with zero attached hydrogens (tertiary/aromatic N) is 4. The summed E-state index contributed by atoms with van der Waals surface area (Å²) in [6.45, 7) is 0.